The molecule has 1 aliphatic heterocycles. The van der Waals surface area contributed by atoms with E-state index in [4.69, 9.17) is 17.3 Å². The summed E-state index contributed by atoms with van der Waals surface area (Å²) in [5.41, 5.74) is 6.58. The highest BCUT2D eigenvalue weighted by molar-refractivity contribution is 6.30. The summed E-state index contributed by atoms with van der Waals surface area (Å²) in [7, 11) is 0. The Labute approximate surface area is 117 Å². The molecule has 1 aromatic carbocycles. The maximum atomic E-state index is 13.0. The lowest BCUT2D eigenvalue weighted by Crippen LogP contribution is -2.42. The smallest absolute Gasteiger partial charge is 0.151 e. The van der Waals surface area contributed by atoms with Gasteiger partial charge in [0.25, 0.3) is 0 Å². The fourth-order valence-corrected chi connectivity index (χ4v) is 2.50. The highest BCUT2D eigenvalue weighted by Crippen LogP contribution is 2.17. The Morgan fingerprint density at radius 2 is 2.11 bits per heavy atom. The number of carbonyl (C=O) groups is 1. The number of likely N-dealkylation sites (tertiary alicyclic amines) is 1. The van der Waals surface area contributed by atoms with E-state index in [1.54, 1.807) is 6.07 Å². The molecule has 0 spiro atoms. The molecule has 1 heterocycles. The summed E-state index contributed by atoms with van der Waals surface area (Å²) >= 11 is 5.69. The third-order valence-corrected chi connectivity index (χ3v) is 3.71. The Morgan fingerprint density at radius 3 is 2.74 bits per heavy atom. The van der Waals surface area contributed by atoms with Gasteiger partial charge in [0.05, 0.1) is 11.6 Å². The molecule has 5 heteroatoms. The van der Waals surface area contributed by atoms with Gasteiger partial charge < -0.3 is 5.73 Å². The zero-order valence-corrected chi connectivity index (χ0v) is 11.5. The summed E-state index contributed by atoms with van der Waals surface area (Å²) in [5.74, 6) is -0.332. The first-order valence-corrected chi connectivity index (χ1v) is 6.86. The van der Waals surface area contributed by atoms with Crippen LogP contribution in [0.1, 0.15) is 18.4 Å². The van der Waals surface area contributed by atoms with E-state index in [0.717, 1.165) is 31.5 Å². The molecule has 1 aliphatic rings. The zero-order chi connectivity index (χ0) is 13.8. The second-order valence-corrected chi connectivity index (χ2v) is 5.48. The minimum absolute atomic E-state index is 0.0641. The van der Waals surface area contributed by atoms with Gasteiger partial charge in [0.15, 0.2) is 5.78 Å². The number of piperidine rings is 1. The number of Topliss-reactive ketones (excluding diaryl/α,β-unsaturated/α-hetero) is 1. The quantitative estimate of drug-likeness (QED) is 0.920. The van der Waals surface area contributed by atoms with E-state index in [2.05, 4.69) is 4.90 Å². The van der Waals surface area contributed by atoms with E-state index in [1.165, 1.54) is 12.1 Å². The van der Waals surface area contributed by atoms with Crippen molar-refractivity contribution in [2.45, 2.75) is 25.3 Å². The molecule has 0 saturated carbocycles. The Bertz CT molecular complexity index is 459. The fraction of sp³-hybridized carbons (Fsp3) is 0.500. The number of rotatable bonds is 4. The van der Waals surface area contributed by atoms with Crippen LogP contribution in [0.15, 0.2) is 18.2 Å². The number of nitrogens with two attached hydrogens (primary N) is 1. The maximum absolute atomic E-state index is 13.0. The molecule has 0 radical (unpaired) electrons. The summed E-state index contributed by atoms with van der Waals surface area (Å²) in [6.07, 6.45) is 2.17. The van der Waals surface area contributed by atoms with Gasteiger partial charge in [-0.2, -0.15) is 0 Å². The van der Waals surface area contributed by atoms with E-state index in [-0.39, 0.29) is 16.8 Å². The molecule has 0 amide bonds. The average molecular weight is 285 g/mol. The lowest BCUT2D eigenvalue weighted by atomic mass is 10.0. The van der Waals surface area contributed by atoms with Crippen molar-refractivity contribution in [2.75, 3.05) is 19.6 Å². The standard InChI is InChI=1S/C14H18ClFN2O/c15-13-8-10(1-2-14(13)16)7-12(19)9-18-5-3-11(17)4-6-18/h1-2,8,11H,3-7,9,17H2. The van der Waals surface area contributed by atoms with Crippen molar-refractivity contribution in [1.82, 2.24) is 4.90 Å². The number of halogens is 2. The molecule has 1 fully saturated rings. The minimum atomic E-state index is -0.456. The minimum Gasteiger partial charge on any atom is -0.328 e. The Hall–Kier alpha value is -0.970. The van der Waals surface area contributed by atoms with E-state index in [9.17, 15) is 9.18 Å². The van der Waals surface area contributed by atoms with Crippen LogP contribution in [-0.2, 0) is 11.2 Å². The molecular weight excluding hydrogens is 267 g/mol. The number of nitrogens with zero attached hydrogens (tertiary/aromatic N) is 1. The summed E-state index contributed by atoms with van der Waals surface area (Å²) < 4.78 is 13.0. The van der Waals surface area contributed by atoms with Crippen molar-refractivity contribution >= 4 is 17.4 Å². The van der Waals surface area contributed by atoms with Crippen molar-refractivity contribution < 1.29 is 9.18 Å². The lowest BCUT2D eigenvalue weighted by molar-refractivity contribution is -0.119. The van der Waals surface area contributed by atoms with Gasteiger partial charge >= 0.3 is 0 Å². The van der Waals surface area contributed by atoms with Crippen LogP contribution < -0.4 is 5.73 Å². The number of hydrogen-bond acceptors (Lipinski definition) is 3. The first-order valence-electron chi connectivity index (χ1n) is 6.48. The van der Waals surface area contributed by atoms with Crippen LogP contribution in [0.25, 0.3) is 0 Å². The summed E-state index contributed by atoms with van der Waals surface area (Å²) in [4.78, 5) is 14.1. The summed E-state index contributed by atoms with van der Waals surface area (Å²) in [6.45, 7) is 2.18. The largest absolute Gasteiger partial charge is 0.328 e. The summed E-state index contributed by atoms with van der Waals surface area (Å²) in [6, 6.07) is 4.68. The molecule has 104 valence electrons. The Morgan fingerprint density at radius 1 is 1.42 bits per heavy atom. The van der Waals surface area contributed by atoms with Crippen LogP contribution in [0.5, 0.6) is 0 Å². The van der Waals surface area contributed by atoms with Gasteiger partial charge in [-0.1, -0.05) is 17.7 Å². The molecule has 0 aromatic heterocycles. The molecule has 3 nitrogen and oxygen atoms in total. The third-order valence-electron chi connectivity index (χ3n) is 3.42. The van der Waals surface area contributed by atoms with Crippen molar-refractivity contribution in [2.24, 2.45) is 5.73 Å². The molecule has 0 aliphatic carbocycles. The van der Waals surface area contributed by atoms with Gasteiger partial charge in [-0.05, 0) is 30.5 Å². The van der Waals surface area contributed by atoms with E-state index < -0.39 is 5.82 Å². The van der Waals surface area contributed by atoms with Gasteiger partial charge in [-0.3, -0.25) is 9.69 Å². The summed E-state index contributed by atoms with van der Waals surface area (Å²) in [5, 5.41) is 0.0641. The SMILES string of the molecule is NC1CCN(CC(=O)Cc2ccc(F)c(Cl)c2)CC1. The number of hydrogen-bond donors (Lipinski definition) is 1. The number of carbonyl (C=O) groups excluding carboxylic acids is 1. The second kappa shape index (κ2) is 6.46. The molecule has 0 atom stereocenters. The monoisotopic (exact) mass is 284 g/mol. The number of benzene rings is 1. The van der Waals surface area contributed by atoms with Crippen LogP contribution >= 0.6 is 11.6 Å². The molecular formula is C14H18ClFN2O. The van der Waals surface area contributed by atoms with E-state index in [1.807, 2.05) is 0 Å². The normalized spacial score (nSPS) is 17.6. The molecule has 19 heavy (non-hydrogen) atoms. The van der Waals surface area contributed by atoms with Gasteiger partial charge in [0.2, 0.25) is 0 Å². The van der Waals surface area contributed by atoms with Crippen LogP contribution in [0.3, 0.4) is 0 Å². The van der Waals surface area contributed by atoms with Gasteiger partial charge in [0.1, 0.15) is 5.82 Å². The first kappa shape index (κ1) is 14.4. The number of ketones is 1. The zero-order valence-electron chi connectivity index (χ0n) is 10.7. The predicted octanol–water partition coefficient (Wildman–Crippen LogP) is 2.01. The molecule has 2 rings (SSSR count). The Kier molecular flexibility index (Phi) is 4.91. The molecule has 2 N–H and O–H groups in total. The third kappa shape index (κ3) is 4.27. The molecule has 1 aromatic rings. The topological polar surface area (TPSA) is 46.3 Å². The van der Waals surface area contributed by atoms with Crippen LogP contribution in [0.2, 0.25) is 5.02 Å². The van der Waals surface area contributed by atoms with Crippen molar-refractivity contribution in [3.05, 3.63) is 34.6 Å². The first-order chi connectivity index (χ1) is 9.04. The molecule has 1 saturated heterocycles. The molecule has 0 bridgehead atoms. The van der Waals surface area contributed by atoms with Gasteiger partial charge in [0, 0.05) is 25.6 Å². The highest BCUT2D eigenvalue weighted by Gasteiger charge is 2.18. The van der Waals surface area contributed by atoms with E-state index in [0.29, 0.717) is 13.0 Å². The van der Waals surface area contributed by atoms with Crippen molar-refractivity contribution in [3.63, 3.8) is 0 Å². The fourth-order valence-electron chi connectivity index (χ4n) is 2.29. The predicted molar refractivity (Wildman–Crippen MR) is 73.8 cm³/mol. The van der Waals surface area contributed by atoms with Crippen molar-refractivity contribution in [1.29, 1.82) is 0 Å². The maximum Gasteiger partial charge on any atom is 0.151 e. The average Bonchev–Trinajstić information content (AvgIpc) is 2.37. The Balaban J connectivity index is 1.85. The van der Waals surface area contributed by atoms with Gasteiger partial charge in [-0.25, -0.2) is 4.39 Å². The molecule has 0 unspecified atom stereocenters. The van der Waals surface area contributed by atoms with Crippen LogP contribution in [-0.4, -0.2) is 36.4 Å². The lowest BCUT2D eigenvalue weighted by Gasteiger charge is -2.29. The van der Waals surface area contributed by atoms with Crippen LogP contribution in [0.4, 0.5) is 4.39 Å². The second-order valence-electron chi connectivity index (χ2n) is 5.08. The van der Waals surface area contributed by atoms with Crippen molar-refractivity contribution in [3.8, 4) is 0 Å². The van der Waals surface area contributed by atoms with Crippen LogP contribution in [0, 0.1) is 5.82 Å². The van der Waals surface area contributed by atoms with Gasteiger partial charge in [-0.15, -0.1) is 0 Å². The van der Waals surface area contributed by atoms with E-state index >= 15 is 0 Å². The highest BCUT2D eigenvalue weighted by atomic mass is 35.5.